The molecule has 0 bridgehead atoms. The number of nitrogens with one attached hydrogen (secondary N) is 1. The Morgan fingerprint density at radius 1 is 1.47 bits per heavy atom. The summed E-state index contributed by atoms with van der Waals surface area (Å²) < 4.78 is 12.7. The first-order chi connectivity index (χ1) is 7.15. The summed E-state index contributed by atoms with van der Waals surface area (Å²) in [6, 6.07) is 8.76. The minimum atomic E-state index is -0.685. The second-order valence-corrected chi connectivity index (χ2v) is 6.41. The Bertz CT molecular complexity index is 383. The maximum atomic E-state index is 11.6. The molecule has 0 aliphatic carbocycles. The third-order valence-corrected chi connectivity index (χ3v) is 4.60. The van der Waals surface area contributed by atoms with Crippen LogP contribution in [0.5, 0.6) is 0 Å². The lowest BCUT2D eigenvalue weighted by Crippen LogP contribution is -2.43. The topological polar surface area (TPSA) is 29.1 Å². The Balaban J connectivity index is 2.19. The SMILES string of the molecule is CC1CS(=O)CC(c2cccc(Br)c2)N1. The van der Waals surface area contributed by atoms with Crippen LogP contribution in [0.15, 0.2) is 28.7 Å². The maximum Gasteiger partial charge on any atom is 0.0439 e. The highest BCUT2D eigenvalue weighted by Crippen LogP contribution is 2.22. The third kappa shape index (κ3) is 2.89. The fourth-order valence-electron chi connectivity index (χ4n) is 1.89. The summed E-state index contributed by atoms with van der Waals surface area (Å²) in [5.74, 6) is 1.49. The van der Waals surface area contributed by atoms with Crippen molar-refractivity contribution in [3.63, 3.8) is 0 Å². The average Bonchev–Trinajstić information content (AvgIpc) is 2.16. The number of rotatable bonds is 1. The zero-order valence-corrected chi connectivity index (χ0v) is 11.0. The number of hydrogen-bond donors (Lipinski definition) is 1. The standard InChI is InChI=1S/C11H14BrNOS/c1-8-6-15(14)7-11(13-8)9-3-2-4-10(12)5-9/h2-5,8,11,13H,6-7H2,1H3. The van der Waals surface area contributed by atoms with Crippen molar-refractivity contribution in [1.29, 1.82) is 0 Å². The van der Waals surface area contributed by atoms with Crippen molar-refractivity contribution in [1.82, 2.24) is 5.32 Å². The van der Waals surface area contributed by atoms with Crippen molar-refractivity contribution < 1.29 is 4.21 Å². The van der Waals surface area contributed by atoms with Crippen LogP contribution in [0, 0.1) is 0 Å². The summed E-state index contributed by atoms with van der Waals surface area (Å²) in [5.41, 5.74) is 1.21. The van der Waals surface area contributed by atoms with E-state index < -0.39 is 10.8 Å². The largest absolute Gasteiger partial charge is 0.306 e. The Morgan fingerprint density at radius 2 is 2.27 bits per heavy atom. The molecular formula is C11H14BrNOS. The lowest BCUT2D eigenvalue weighted by Gasteiger charge is -2.28. The zero-order valence-electron chi connectivity index (χ0n) is 8.57. The Morgan fingerprint density at radius 3 is 2.93 bits per heavy atom. The van der Waals surface area contributed by atoms with Crippen LogP contribution in [0.1, 0.15) is 18.5 Å². The van der Waals surface area contributed by atoms with E-state index in [0.717, 1.165) is 16.0 Å². The quantitative estimate of drug-likeness (QED) is 0.858. The number of hydrogen-bond acceptors (Lipinski definition) is 2. The highest BCUT2D eigenvalue weighted by Gasteiger charge is 2.23. The van der Waals surface area contributed by atoms with Gasteiger partial charge in [-0.15, -0.1) is 0 Å². The van der Waals surface area contributed by atoms with Crippen LogP contribution in [-0.2, 0) is 10.8 Å². The van der Waals surface area contributed by atoms with E-state index in [-0.39, 0.29) is 6.04 Å². The number of benzene rings is 1. The van der Waals surface area contributed by atoms with Gasteiger partial charge in [-0.25, -0.2) is 0 Å². The van der Waals surface area contributed by atoms with Crippen molar-refractivity contribution in [3.8, 4) is 0 Å². The van der Waals surface area contributed by atoms with Gasteiger partial charge >= 0.3 is 0 Å². The zero-order chi connectivity index (χ0) is 10.8. The summed E-state index contributed by atoms with van der Waals surface area (Å²) >= 11 is 3.46. The number of halogens is 1. The molecule has 1 aliphatic heterocycles. The molecule has 0 saturated carbocycles. The van der Waals surface area contributed by atoms with Gasteiger partial charge in [0, 0.05) is 38.9 Å². The van der Waals surface area contributed by atoms with Crippen LogP contribution in [0.25, 0.3) is 0 Å². The van der Waals surface area contributed by atoms with E-state index in [0.29, 0.717) is 6.04 Å². The van der Waals surface area contributed by atoms with E-state index in [2.05, 4.69) is 40.3 Å². The van der Waals surface area contributed by atoms with Gasteiger partial charge in [-0.1, -0.05) is 28.1 Å². The molecule has 1 aromatic rings. The van der Waals surface area contributed by atoms with E-state index >= 15 is 0 Å². The molecule has 1 fully saturated rings. The fourth-order valence-corrected chi connectivity index (χ4v) is 3.76. The summed E-state index contributed by atoms with van der Waals surface area (Å²) in [6.07, 6.45) is 0. The predicted molar refractivity (Wildman–Crippen MR) is 67.4 cm³/mol. The second kappa shape index (κ2) is 4.76. The van der Waals surface area contributed by atoms with Crippen molar-refractivity contribution >= 4 is 26.7 Å². The summed E-state index contributed by atoms with van der Waals surface area (Å²) in [5, 5.41) is 3.48. The van der Waals surface area contributed by atoms with Crippen LogP contribution in [0.2, 0.25) is 0 Å². The molecule has 1 heterocycles. The molecule has 3 atom stereocenters. The minimum absolute atomic E-state index is 0.229. The van der Waals surface area contributed by atoms with Gasteiger partial charge in [0.15, 0.2) is 0 Å². The molecule has 0 amide bonds. The average molecular weight is 288 g/mol. The van der Waals surface area contributed by atoms with Gasteiger partial charge in [0.1, 0.15) is 0 Å². The van der Waals surface area contributed by atoms with Crippen LogP contribution in [-0.4, -0.2) is 21.8 Å². The van der Waals surface area contributed by atoms with Crippen molar-refractivity contribution in [2.24, 2.45) is 0 Å². The van der Waals surface area contributed by atoms with Crippen LogP contribution in [0.3, 0.4) is 0 Å². The first kappa shape index (κ1) is 11.3. The fraction of sp³-hybridized carbons (Fsp3) is 0.455. The maximum absolute atomic E-state index is 11.6. The highest BCUT2D eigenvalue weighted by molar-refractivity contribution is 9.10. The molecule has 4 heteroatoms. The van der Waals surface area contributed by atoms with Gasteiger partial charge in [-0.2, -0.15) is 0 Å². The van der Waals surface area contributed by atoms with Gasteiger partial charge in [0.05, 0.1) is 0 Å². The minimum Gasteiger partial charge on any atom is -0.306 e. The third-order valence-electron chi connectivity index (χ3n) is 2.53. The predicted octanol–water partition coefficient (Wildman–Crippen LogP) is 2.23. The van der Waals surface area contributed by atoms with Crippen LogP contribution < -0.4 is 5.32 Å². The molecule has 0 aromatic heterocycles. The molecule has 2 rings (SSSR count). The molecule has 0 radical (unpaired) electrons. The Labute approximate surface area is 101 Å². The van der Waals surface area contributed by atoms with Crippen molar-refractivity contribution in [3.05, 3.63) is 34.3 Å². The molecule has 1 saturated heterocycles. The van der Waals surface area contributed by atoms with Crippen LogP contribution >= 0.6 is 15.9 Å². The molecule has 15 heavy (non-hydrogen) atoms. The van der Waals surface area contributed by atoms with Gasteiger partial charge < -0.3 is 5.32 Å². The molecule has 1 aliphatic rings. The molecule has 1 N–H and O–H groups in total. The van der Waals surface area contributed by atoms with E-state index in [9.17, 15) is 4.21 Å². The molecule has 3 unspecified atom stereocenters. The Hall–Kier alpha value is -0.190. The van der Waals surface area contributed by atoms with Gasteiger partial charge in [-0.05, 0) is 24.6 Å². The summed E-state index contributed by atoms with van der Waals surface area (Å²) in [6.45, 7) is 2.09. The second-order valence-electron chi connectivity index (χ2n) is 3.95. The van der Waals surface area contributed by atoms with Crippen molar-refractivity contribution in [2.45, 2.75) is 19.0 Å². The van der Waals surface area contributed by atoms with E-state index in [4.69, 9.17) is 0 Å². The summed E-state index contributed by atoms with van der Waals surface area (Å²) in [7, 11) is -0.685. The molecule has 1 aromatic carbocycles. The first-order valence-corrected chi connectivity index (χ1v) is 7.30. The van der Waals surface area contributed by atoms with E-state index in [1.807, 2.05) is 12.1 Å². The normalized spacial score (nSPS) is 31.5. The Kier molecular flexibility index (Phi) is 3.59. The van der Waals surface area contributed by atoms with E-state index in [1.54, 1.807) is 0 Å². The molecule has 0 spiro atoms. The van der Waals surface area contributed by atoms with Gasteiger partial charge in [-0.3, -0.25) is 4.21 Å². The van der Waals surface area contributed by atoms with Gasteiger partial charge in [0.2, 0.25) is 0 Å². The molecular weight excluding hydrogens is 274 g/mol. The van der Waals surface area contributed by atoms with E-state index in [1.165, 1.54) is 5.56 Å². The lowest BCUT2D eigenvalue weighted by molar-refractivity contribution is 0.489. The van der Waals surface area contributed by atoms with Crippen LogP contribution in [0.4, 0.5) is 0 Å². The first-order valence-electron chi connectivity index (χ1n) is 5.01. The lowest BCUT2D eigenvalue weighted by atomic mass is 10.1. The van der Waals surface area contributed by atoms with Gasteiger partial charge in [0.25, 0.3) is 0 Å². The molecule has 82 valence electrons. The highest BCUT2D eigenvalue weighted by atomic mass is 79.9. The summed E-state index contributed by atoms with van der Waals surface area (Å²) in [4.78, 5) is 0. The molecule has 2 nitrogen and oxygen atoms in total. The monoisotopic (exact) mass is 287 g/mol. The smallest absolute Gasteiger partial charge is 0.0439 e. The van der Waals surface area contributed by atoms with Crippen molar-refractivity contribution in [2.75, 3.05) is 11.5 Å².